The molecule has 164 valence electrons. The lowest BCUT2D eigenvalue weighted by atomic mass is 10.1. The van der Waals surface area contributed by atoms with E-state index in [4.69, 9.17) is 0 Å². The molecule has 7 heteroatoms. The Morgan fingerprint density at radius 3 is 2.41 bits per heavy atom. The minimum atomic E-state index is -0.180. The van der Waals surface area contributed by atoms with Gasteiger partial charge in [0.2, 0.25) is 0 Å². The standard InChI is InChI=1S/C25H27N5O2/c31-24-21-8-4-9-22(23(21)25(32)30(24)12-5-11-28-13-10-26-19-28)29-16-14-27(15-17-29)18-20-6-2-1-3-7-20/h1-4,6-10,13,19H,5,11-12,14-18H2. The average Bonchev–Trinajstić information content (AvgIpc) is 3.43. The van der Waals surface area contributed by atoms with Gasteiger partial charge >= 0.3 is 0 Å². The number of amides is 2. The van der Waals surface area contributed by atoms with Crippen LogP contribution < -0.4 is 4.90 Å². The van der Waals surface area contributed by atoms with Crippen molar-refractivity contribution in [1.29, 1.82) is 0 Å². The summed E-state index contributed by atoms with van der Waals surface area (Å²) in [6, 6.07) is 16.1. The van der Waals surface area contributed by atoms with E-state index in [0.717, 1.165) is 45.0 Å². The molecule has 7 nitrogen and oxygen atoms in total. The van der Waals surface area contributed by atoms with E-state index < -0.39 is 0 Å². The van der Waals surface area contributed by atoms with Crippen LogP contribution in [-0.4, -0.2) is 63.9 Å². The minimum absolute atomic E-state index is 0.169. The summed E-state index contributed by atoms with van der Waals surface area (Å²) >= 11 is 0. The summed E-state index contributed by atoms with van der Waals surface area (Å²) in [5, 5.41) is 0. The Morgan fingerprint density at radius 1 is 0.844 bits per heavy atom. The van der Waals surface area contributed by atoms with E-state index in [1.165, 1.54) is 10.5 Å². The second kappa shape index (κ2) is 8.96. The first kappa shape index (κ1) is 20.5. The number of imidazole rings is 1. The van der Waals surface area contributed by atoms with Gasteiger partial charge in [-0.15, -0.1) is 0 Å². The fourth-order valence-corrected chi connectivity index (χ4v) is 4.60. The maximum Gasteiger partial charge on any atom is 0.263 e. The SMILES string of the molecule is O=C1c2cccc(N3CCN(Cc4ccccc4)CC3)c2C(=O)N1CCCn1ccnc1. The lowest BCUT2D eigenvalue weighted by molar-refractivity contribution is 0.0651. The number of anilines is 1. The van der Waals surface area contributed by atoms with Gasteiger partial charge in [0.1, 0.15) is 0 Å². The summed E-state index contributed by atoms with van der Waals surface area (Å²) in [5.41, 5.74) is 3.30. The molecule has 32 heavy (non-hydrogen) atoms. The summed E-state index contributed by atoms with van der Waals surface area (Å²) in [6.07, 6.45) is 6.07. The fraction of sp³-hybridized carbons (Fsp3) is 0.320. The van der Waals surface area contributed by atoms with Gasteiger partial charge in [0.05, 0.1) is 23.1 Å². The zero-order valence-electron chi connectivity index (χ0n) is 18.1. The smallest absolute Gasteiger partial charge is 0.263 e. The molecule has 1 aromatic heterocycles. The lowest BCUT2D eigenvalue weighted by Crippen LogP contribution is -2.46. The topological polar surface area (TPSA) is 61.7 Å². The Balaban J connectivity index is 1.25. The predicted octanol–water partition coefficient (Wildman–Crippen LogP) is 2.89. The minimum Gasteiger partial charge on any atom is -0.368 e. The molecule has 2 aromatic carbocycles. The fourth-order valence-electron chi connectivity index (χ4n) is 4.60. The molecule has 0 saturated carbocycles. The Morgan fingerprint density at radius 2 is 1.66 bits per heavy atom. The molecule has 3 aromatic rings. The Hall–Kier alpha value is -3.45. The number of nitrogens with zero attached hydrogens (tertiary/aromatic N) is 5. The number of aryl methyl sites for hydroxylation is 1. The highest BCUT2D eigenvalue weighted by Gasteiger charge is 2.38. The number of aromatic nitrogens is 2. The zero-order valence-corrected chi connectivity index (χ0v) is 18.1. The predicted molar refractivity (Wildman–Crippen MR) is 123 cm³/mol. The maximum atomic E-state index is 13.2. The average molecular weight is 430 g/mol. The molecule has 2 aliphatic heterocycles. The van der Waals surface area contributed by atoms with E-state index in [-0.39, 0.29) is 11.8 Å². The summed E-state index contributed by atoms with van der Waals surface area (Å²) in [4.78, 5) is 36.3. The highest BCUT2D eigenvalue weighted by Crippen LogP contribution is 2.32. The molecule has 0 aliphatic carbocycles. The number of imide groups is 1. The van der Waals surface area contributed by atoms with Crippen molar-refractivity contribution in [3.05, 3.63) is 83.9 Å². The molecule has 0 N–H and O–H groups in total. The van der Waals surface area contributed by atoms with Gasteiger partial charge in [0.25, 0.3) is 11.8 Å². The Kier molecular flexibility index (Phi) is 5.73. The number of fused-ring (bicyclic) bond motifs is 1. The monoisotopic (exact) mass is 429 g/mol. The van der Waals surface area contributed by atoms with Crippen molar-refractivity contribution in [2.45, 2.75) is 19.5 Å². The van der Waals surface area contributed by atoms with Crippen molar-refractivity contribution >= 4 is 17.5 Å². The highest BCUT2D eigenvalue weighted by molar-refractivity contribution is 6.23. The summed E-state index contributed by atoms with van der Waals surface area (Å²) in [5.74, 6) is -0.349. The van der Waals surface area contributed by atoms with Crippen LogP contribution in [0.2, 0.25) is 0 Å². The lowest BCUT2D eigenvalue weighted by Gasteiger charge is -2.36. The van der Waals surface area contributed by atoms with Crippen LogP contribution >= 0.6 is 0 Å². The molecule has 3 heterocycles. The number of rotatable bonds is 7. The molecule has 0 spiro atoms. The van der Waals surface area contributed by atoms with Crippen LogP contribution in [-0.2, 0) is 13.1 Å². The van der Waals surface area contributed by atoms with Gasteiger partial charge in [-0.3, -0.25) is 19.4 Å². The van der Waals surface area contributed by atoms with Crippen molar-refractivity contribution < 1.29 is 9.59 Å². The molecule has 0 atom stereocenters. The third kappa shape index (κ3) is 4.03. The van der Waals surface area contributed by atoms with E-state index in [1.54, 1.807) is 18.6 Å². The number of carbonyl (C=O) groups is 2. The maximum absolute atomic E-state index is 13.2. The highest BCUT2D eigenvalue weighted by atomic mass is 16.2. The second-order valence-electron chi connectivity index (χ2n) is 8.36. The van der Waals surface area contributed by atoms with Crippen LogP contribution in [0, 0.1) is 0 Å². The van der Waals surface area contributed by atoms with Crippen LogP contribution in [0.3, 0.4) is 0 Å². The van der Waals surface area contributed by atoms with Crippen molar-refractivity contribution in [2.75, 3.05) is 37.6 Å². The van der Waals surface area contributed by atoms with Crippen molar-refractivity contribution in [3.8, 4) is 0 Å². The van der Waals surface area contributed by atoms with E-state index >= 15 is 0 Å². The summed E-state index contributed by atoms with van der Waals surface area (Å²) < 4.78 is 1.96. The molecule has 1 saturated heterocycles. The zero-order chi connectivity index (χ0) is 21.9. The second-order valence-corrected chi connectivity index (χ2v) is 8.36. The van der Waals surface area contributed by atoms with Crippen molar-refractivity contribution in [2.24, 2.45) is 0 Å². The molecule has 0 radical (unpaired) electrons. The van der Waals surface area contributed by atoms with Gasteiger partial charge in [-0.25, -0.2) is 4.98 Å². The normalized spacial score (nSPS) is 16.6. The van der Waals surface area contributed by atoms with Gasteiger partial charge in [-0.2, -0.15) is 0 Å². The molecular weight excluding hydrogens is 402 g/mol. The van der Waals surface area contributed by atoms with Crippen LogP contribution in [0.4, 0.5) is 5.69 Å². The van der Waals surface area contributed by atoms with Crippen LogP contribution in [0.25, 0.3) is 0 Å². The van der Waals surface area contributed by atoms with Crippen molar-refractivity contribution in [1.82, 2.24) is 19.4 Å². The molecular formula is C25H27N5O2. The third-order valence-corrected chi connectivity index (χ3v) is 6.30. The van der Waals surface area contributed by atoms with E-state index in [2.05, 4.69) is 39.0 Å². The number of carbonyl (C=O) groups excluding carboxylic acids is 2. The number of hydrogen-bond donors (Lipinski definition) is 0. The Bertz CT molecular complexity index is 1090. The van der Waals surface area contributed by atoms with E-state index in [1.807, 2.05) is 29.0 Å². The quantitative estimate of drug-likeness (QED) is 0.541. The molecule has 5 rings (SSSR count). The van der Waals surface area contributed by atoms with Gasteiger partial charge < -0.3 is 9.47 Å². The summed E-state index contributed by atoms with van der Waals surface area (Å²) in [7, 11) is 0. The molecule has 0 unspecified atom stereocenters. The van der Waals surface area contributed by atoms with E-state index in [9.17, 15) is 9.59 Å². The first-order chi connectivity index (χ1) is 15.7. The van der Waals surface area contributed by atoms with E-state index in [0.29, 0.717) is 24.1 Å². The van der Waals surface area contributed by atoms with Crippen LogP contribution in [0.1, 0.15) is 32.7 Å². The molecule has 2 amide bonds. The van der Waals surface area contributed by atoms with Gasteiger partial charge in [0.15, 0.2) is 0 Å². The third-order valence-electron chi connectivity index (χ3n) is 6.30. The van der Waals surface area contributed by atoms with Gasteiger partial charge in [-0.1, -0.05) is 36.4 Å². The van der Waals surface area contributed by atoms with Gasteiger partial charge in [0, 0.05) is 58.2 Å². The number of hydrogen-bond acceptors (Lipinski definition) is 5. The van der Waals surface area contributed by atoms with Gasteiger partial charge in [-0.05, 0) is 24.1 Å². The van der Waals surface area contributed by atoms with Crippen LogP contribution in [0.5, 0.6) is 0 Å². The first-order valence-electron chi connectivity index (χ1n) is 11.2. The number of piperazine rings is 1. The molecule has 2 aliphatic rings. The summed E-state index contributed by atoms with van der Waals surface area (Å²) in [6.45, 7) is 5.60. The largest absolute Gasteiger partial charge is 0.368 e. The molecule has 0 bridgehead atoms. The molecule has 1 fully saturated rings. The first-order valence-corrected chi connectivity index (χ1v) is 11.2. The number of benzene rings is 2. The van der Waals surface area contributed by atoms with Crippen LogP contribution in [0.15, 0.2) is 67.3 Å². The van der Waals surface area contributed by atoms with Crippen molar-refractivity contribution in [3.63, 3.8) is 0 Å². The Labute approximate surface area is 187 Å².